The second-order valence-corrected chi connectivity index (χ2v) is 10.3. The maximum atomic E-state index is 13.2. The van der Waals surface area contributed by atoms with E-state index in [-0.39, 0.29) is 17.6 Å². The van der Waals surface area contributed by atoms with Gasteiger partial charge in [-0.15, -0.1) is 0 Å². The van der Waals surface area contributed by atoms with Crippen molar-refractivity contribution in [3.63, 3.8) is 0 Å². The summed E-state index contributed by atoms with van der Waals surface area (Å²) in [4.78, 5) is 44.6. The third-order valence-electron chi connectivity index (χ3n) is 7.57. The molecule has 1 saturated heterocycles. The van der Waals surface area contributed by atoms with Crippen molar-refractivity contribution in [3.05, 3.63) is 89.5 Å². The fraction of sp³-hybridized carbons (Fsp3) is 0.281. The summed E-state index contributed by atoms with van der Waals surface area (Å²) in [6.07, 6.45) is 0.402. The summed E-state index contributed by atoms with van der Waals surface area (Å²) in [5, 5.41) is 6.39. The van der Waals surface area contributed by atoms with Gasteiger partial charge < -0.3 is 20.4 Å². The molecule has 5 rings (SSSR count). The van der Waals surface area contributed by atoms with E-state index in [9.17, 15) is 14.4 Å². The van der Waals surface area contributed by atoms with Crippen LogP contribution >= 0.6 is 0 Å². The summed E-state index contributed by atoms with van der Waals surface area (Å²) < 4.78 is 0. The molecule has 0 radical (unpaired) electrons. The first-order valence-electron chi connectivity index (χ1n) is 13.7. The van der Waals surface area contributed by atoms with Crippen molar-refractivity contribution in [2.24, 2.45) is 0 Å². The minimum atomic E-state index is -0.228. The zero-order valence-corrected chi connectivity index (χ0v) is 23.2. The Kier molecular flexibility index (Phi) is 8.09. The van der Waals surface area contributed by atoms with Gasteiger partial charge in [0.1, 0.15) is 0 Å². The molecule has 2 heterocycles. The molecule has 0 aromatic heterocycles. The lowest BCUT2D eigenvalue weighted by Gasteiger charge is -2.32. The number of carbonyl (C=O) groups excluding carboxylic acids is 3. The Hall–Kier alpha value is -4.27. The van der Waals surface area contributed by atoms with Gasteiger partial charge >= 0.3 is 0 Å². The number of carbonyl (C=O) groups is 3. The second-order valence-electron chi connectivity index (χ2n) is 10.3. The zero-order valence-electron chi connectivity index (χ0n) is 23.2. The number of nitrogens with one attached hydrogen (secondary N) is 2. The van der Waals surface area contributed by atoms with Crippen molar-refractivity contribution in [2.45, 2.75) is 13.3 Å². The lowest BCUT2D eigenvalue weighted by Crippen LogP contribution is -2.48. The van der Waals surface area contributed by atoms with Crippen LogP contribution in [0.25, 0.3) is 11.3 Å². The Balaban J connectivity index is 1.40. The molecule has 8 heteroatoms. The number of Topliss-reactive ketones (excluding diaryl/α,β-unsaturated/α-hetero) is 1. The lowest BCUT2D eigenvalue weighted by molar-refractivity contribution is -0.119. The number of amides is 2. The van der Waals surface area contributed by atoms with Crippen molar-refractivity contribution in [3.8, 4) is 0 Å². The van der Waals surface area contributed by atoms with Crippen molar-refractivity contribution in [1.29, 1.82) is 0 Å². The topological polar surface area (TPSA) is 85.0 Å². The molecule has 3 aromatic rings. The highest BCUT2D eigenvalue weighted by Crippen LogP contribution is 2.38. The molecule has 0 atom stereocenters. The first-order valence-corrected chi connectivity index (χ1v) is 13.7. The number of piperazine rings is 1. The molecule has 0 bridgehead atoms. The number of benzene rings is 3. The van der Waals surface area contributed by atoms with Crippen molar-refractivity contribution >= 4 is 45.9 Å². The molecule has 1 fully saturated rings. The van der Waals surface area contributed by atoms with E-state index in [4.69, 9.17) is 0 Å². The van der Waals surface area contributed by atoms with Gasteiger partial charge in [0.2, 0.25) is 5.91 Å². The molecule has 2 N–H and O–H groups in total. The van der Waals surface area contributed by atoms with Crippen LogP contribution in [-0.2, 0) is 9.59 Å². The number of hydrogen-bond donors (Lipinski definition) is 2. The number of rotatable bonds is 8. The number of likely N-dealkylation sites (N-methyl/N-ethyl adjacent to an activating group) is 2. The zero-order chi connectivity index (χ0) is 28.2. The molecule has 0 unspecified atom stereocenters. The number of ketones is 1. The number of fused-ring (bicyclic) bond motifs is 1. The van der Waals surface area contributed by atoms with Gasteiger partial charge in [0.15, 0.2) is 5.78 Å². The monoisotopic (exact) mass is 537 g/mol. The molecular weight excluding hydrogens is 502 g/mol. The number of hydrogen-bond acceptors (Lipinski definition) is 6. The lowest BCUT2D eigenvalue weighted by atomic mass is 9.98. The van der Waals surface area contributed by atoms with Crippen LogP contribution in [-0.4, -0.2) is 74.2 Å². The fourth-order valence-electron chi connectivity index (χ4n) is 5.04. The minimum Gasteiger partial charge on any atom is -0.354 e. The van der Waals surface area contributed by atoms with Crippen LogP contribution in [0.5, 0.6) is 0 Å². The molecule has 0 spiro atoms. The van der Waals surface area contributed by atoms with Crippen molar-refractivity contribution in [1.82, 2.24) is 9.80 Å². The average molecular weight is 538 g/mol. The Morgan fingerprint density at radius 1 is 0.925 bits per heavy atom. The highest BCUT2D eigenvalue weighted by atomic mass is 16.2. The maximum absolute atomic E-state index is 13.2. The van der Waals surface area contributed by atoms with Gasteiger partial charge in [-0.1, -0.05) is 49.4 Å². The van der Waals surface area contributed by atoms with Gasteiger partial charge in [-0.25, -0.2) is 0 Å². The number of nitrogens with zero attached hydrogens (tertiary/aromatic N) is 3. The molecule has 206 valence electrons. The van der Waals surface area contributed by atoms with Crippen molar-refractivity contribution in [2.75, 3.05) is 62.4 Å². The van der Waals surface area contributed by atoms with Crippen LogP contribution in [0, 0.1) is 0 Å². The highest BCUT2D eigenvalue weighted by Gasteiger charge is 2.29. The van der Waals surface area contributed by atoms with E-state index in [1.165, 1.54) is 0 Å². The summed E-state index contributed by atoms with van der Waals surface area (Å²) in [6.45, 7) is 5.94. The van der Waals surface area contributed by atoms with Crippen molar-refractivity contribution < 1.29 is 14.4 Å². The standard InChI is InChI=1S/C32H35N5O3/c1-4-28(38)23-10-15-26-27(20-23)34-32(40)30(26)31(22-8-6-5-7-9-22)33-24-11-13-25(14-12-24)36(3)29(39)21-37-18-16-35(2)17-19-37/h5-15,20,33H,4,16-19,21H2,1-3H3,(H,34,40)/b31-30-. The van der Waals surface area contributed by atoms with E-state index in [1.807, 2.05) is 67.6 Å². The molecule has 3 aromatic carbocycles. The molecule has 8 nitrogen and oxygen atoms in total. The highest BCUT2D eigenvalue weighted by molar-refractivity contribution is 6.37. The van der Waals surface area contributed by atoms with E-state index in [1.54, 1.807) is 24.1 Å². The Morgan fingerprint density at radius 3 is 2.30 bits per heavy atom. The van der Waals surface area contributed by atoms with E-state index in [2.05, 4.69) is 27.5 Å². The largest absolute Gasteiger partial charge is 0.354 e. The normalized spacial score (nSPS) is 16.7. The third-order valence-corrected chi connectivity index (χ3v) is 7.57. The van der Waals surface area contributed by atoms with E-state index < -0.39 is 0 Å². The van der Waals surface area contributed by atoms with Gasteiger partial charge in [0.25, 0.3) is 5.91 Å². The molecule has 40 heavy (non-hydrogen) atoms. The minimum absolute atomic E-state index is 0.0305. The quantitative estimate of drug-likeness (QED) is 0.327. The average Bonchev–Trinajstić information content (AvgIpc) is 3.31. The van der Waals surface area contributed by atoms with Gasteiger partial charge in [0.05, 0.1) is 17.8 Å². The van der Waals surface area contributed by atoms with Crippen LogP contribution in [0.2, 0.25) is 0 Å². The maximum Gasteiger partial charge on any atom is 0.258 e. The molecular formula is C32H35N5O3. The SMILES string of the molecule is CCC(=O)c1ccc2c(c1)NC(=O)/C2=C(\Nc1ccc(N(C)C(=O)CN2CCN(C)CC2)cc1)c1ccccc1. The predicted octanol–water partition coefficient (Wildman–Crippen LogP) is 4.42. The molecule has 2 amide bonds. The Labute approximate surface area is 235 Å². The van der Waals surface area contributed by atoms with Crippen LogP contribution in [0.1, 0.15) is 34.8 Å². The van der Waals surface area contributed by atoms with Gasteiger partial charge in [-0.3, -0.25) is 19.3 Å². The Bertz CT molecular complexity index is 1440. The van der Waals surface area contributed by atoms with Crippen LogP contribution in [0.4, 0.5) is 17.1 Å². The predicted molar refractivity (Wildman–Crippen MR) is 160 cm³/mol. The first kappa shape index (κ1) is 27.3. The fourth-order valence-corrected chi connectivity index (χ4v) is 5.04. The molecule has 0 aliphatic carbocycles. The number of anilines is 3. The molecule has 2 aliphatic rings. The van der Waals surface area contributed by atoms with E-state index in [0.29, 0.717) is 35.5 Å². The molecule has 0 saturated carbocycles. The van der Waals surface area contributed by atoms with E-state index >= 15 is 0 Å². The van der Waals surface area contributed by atoms with Crippen LogP contribution < -0.4 is 15.5 Å². The van der Waals surface area contributed by atoms with Crippen LogP contribution in [0.3, 0.4) is 0 Å². The van der Waals surface area contributed by atoms with Gasteiger partial charge in [-0.2, -0.15) is 0 Å². The summed E-state index contributed by atoms with van der Waals surface area (Å²) in [5.74, 6) is -0.145. The van der Waals surface area contributed by atoms with Gasteiger partial charge in [-0.05, 0) is 42.9 Å². The second kappa shape index (κ2) is 11.9. The molecule has 2 aliphatic heterocycles. The summed E-state index contributed by atoms with van der Waals surface area (Å²) in [5.41, 5.74) is 5.58. The smallest absolute Gasteiger partial charge is 0.258 e. The van der Waals surface area contributed by atoms with Crippen LogP contribution in [0.15, 0.2) is 72.8 Å². The van der Waals surface area contributed by atoms with E-state index in [0.717, 1.165) is 48.7 Å². The Morgan fingerprint density at radius 2 is 1.62 bits per heavy atom. The summed E-state index contributed by atoms with van der Waals surface area (Å²) >= 11 is 0. The summed E-state index contributed by atoms with van der Waals surface area (Å²) in [6, 6.07) is 22.7. The third kappa shape index (κ3) is 5.83. The summed E-state index contributed by atoms with van der Waals surface area (Å²) in [7, 11) is 3.90. The first-order chi connectivity index (χ1) is 19.3. The van der Waals surface area contributed by atoms with Gasteiger partial charge in [0, 0.05) is 67.8 Å².